The van der Waals surface area contributed by atoms with Crippen LogP contribution in [0, 0.1) is 6.92 Å². The van der Waals surface area contributed by atoms with E-state index in [0.717, 1.165) is 53.7 Å². The van der Waals surface area contributed by atoms with Crippen molar-refractivity contribution in [2.24, 2.45) is 0 Å². The number of nitrogens with one attached hydrogen (secondary N) is 1. The lowest BCUT2D eigenvalue weighted by Crippen LogP contribution is -2.28. The first-order valence-electron chi connectivity index (χ1n) is 12.3. The molecule has 0 unspecified atom stereocenters. The standard InChI is InChI=1S/C26H33N5O3S/c1-17-23-21(15-22(19-9-10-19)28-24(23)31(29-17)26(2,3)4)25(32)27-16-18-7-11-20(12-8-18)35(33,34)30-13-5-6-14-30/h7-8,11-12,15,19H,5-6,9-10,13-14,16H2,1-4H3,(H,27,32). The van der Waals surface area contributed by atoms with E-state index in [9.17, 15) is 13.2 Å². The molecule has 3 aromatic rings. The number of hydrogen-bond donors (Lipinski definition) is 1. The minimum Gasteiger partial charge on any atom is -0.348 e. The SMILES string of the molecule is Cc1nn(C(C)(C)C)c2nc(C3CC3)cc(C(=O)NCc3ccc(S(=O)(=O)N4CCCC4)cc3)c12. The van der Waals surface area contributed by atoms with Crippen molar-refractivity contribution in [1.82, 2.24) is 24.4 Å². The van der Waals surface area contributed by atoms with Gasteiger partial charge in [-0.3, -0.25) is 4.79 Å². The molecule has 0 atom stereocenters. The van der Waals surface area contributed by atoms with Crippen LogP contribution in [0.25, 0.3) is 11.0 Å². The van der Waals surface area contributed by atoms with Gasteiger partial charge in [0.05, 0.1) is 27.1 Å². The minimum atomic E-state index is -3.45. The molecule has 186 valence electrons. The first kappa shape index (κ1) is 23.9. The van der Waals surface area contributed by atoms with Gasteiger partial charge in [-0.25, -0.2) is 18.1 Å². The number of amides is 1. The number of aromatic nitrogens is 3. The quantitative estimate of drug-likeness (QED) is 0.556. The maximum absolute atomic E-state index is 13.4. The summed E-state index contributed by atoms with van der Waals surface area (Å²) in [6, 6.07) is 8.71. The molecule has 35 heavy (non-hydrogen) atoms. The molecule has 1 amide bonds. The molecule has 5 rings (SSSR count). The number of carbonyl (C=O) groups excluding carboxylic acids is 1. The van der Waals surface area contributed by atoms with E-state index in [4.69, 9.17) is 10.1 Å². The Kier molecular flexibility index (Phi) is 5.96. The lowest BCUT2D eigenvalue weighted by atomic mass is 10.1. The van der Waals surface area contributed by atoms with Gasteiger partial charge in [0.15, 0.2) is 5.65 Å². The van der Waals surface area contributed by atoms with Gasteiger partial charge >= 0.3 is 0 Å². The van der Waals surface area contributed by atoms with E-state index in [1.807, 2.05) is 17.7 Å². The van der Waals surface area contributed by atoms with Crippen LogP contribution in [0.4, 0.5) is 0 Å². The highest BCUT2D eigenvalue weighted by Crippen LogP contribution is 2.41. The highest BCUT2D eigenvalue weighted by Gasteiger charge is 2.30. The first-order valence-corrected chi connectivity index (χ1v) is 13.8. The van der Waals surface area contributed by atoms with Gasteiger partial charge < -0.3 is 5.32 Å². The molecule has 3 heterocycles. The molecule has 9 heteroatoms. The van der Waals surface area contributed by atoms with Gasteiger partial charge in [0.25, 0.3) is 5.91 Å². The Balaban J connectivity index is 1.39. The summed E-state index contributed by atoms with van der Waals surface area (Å²) in [5.41, 5.74) is 3.66. The van der Waals surface area contributed by atoms with E-state index in [1.165, 1.54) is 4.31 Å². The third-order valence-electron chi connectivity index (χ3n) is 6.79. The summed E-state index contributed by atoms with van der Waals surface area (Å²) in [4.78, 5) is 18.6. The number of sulfonamides is 1. The molecular formula is C26H33N5O3S. The number of aryl methyl sites for hydroxylation is 1. The number of pyridine rings is 1. The first-order chi connectivity index (χ1) is 16.6. The molecule has 0 spiro atoms. The van der Waals surface area contributed by atoms with Gasteiger partial charge in [-0.15, -0.1) is 0 Å². The average molecular weight is 496 g/mol. The lowest BCUT2D eigenvalue weighted by Gasteiger charge is -2.20. The third kappa shape index (κ3) is 4.59. The van der Waals surface area contributed by atoms with Crippen LogP contribution in [0.2, 0.25) is 0 Å². The molecule has 1 saturated heterocycles. The molecule has 1 N–H and O–H groups in total. The zero-order valence-electron chi connectivity index (χ0n) is 20.8. The fourth-order valence-electron chi connectivity index (χ4n) is 4.68. The zero-order valence-corrected chi connectivity index (χ0v) is 21.7. The largest absolute Gasteiger partial charge is 0.348 e. The number of fused-ring (bicyclic) bond motifs is 1. The predicted octanol–water partition coefficient (Wildman–Crippen LogP) is 4.09. The van der Waals surface area contributed by atoms with Crippen molar-refractivity contribution in [2.75, 3.05) is 13.1 Å². The van der Waals surface area contributed by atoms with Gasteiger partial charge in [0.1, 0.15) is 0 Å². The fraction of sp³-hybridized carbons (Fsp3) is 0.500. The van der Waals surface area contributed by atoms with E-state index in [1.54, 1.807) is 24.3 Å². The molecule has 8 nitrogen and oxygen atoms in total. The monoisotopic (exact) mass is 495 g/mol. The van der Waals surface area contributed by atoms with Crippen molar-refractivity contribution in [2.45, 2.75) is 76.3 Å². The second-order valence-electron chi connectivity index (χ2n) is 10.7. The van der Waals surface area contributed by atoms with Gasteiger partial charge in [-0.05, 0) is 77.1 Å². The topological polar surface area (TPSA) is 97.2 Å². The van der Waals surface area contributed by atoms with Crippen molar-refractivity contribution < 1.29 is 13.2 Å². The summed E-state index contributed by atoms with van der Waals surface area (Å²) < 4.78 is 29.0. The third-order valence-corrected chi connectivity index (χ3v) is 8.70. The molecule has 1 saturated carbocycles. The van der Waals surface area contributed by atoms with Crippen molar-refractivity contribution in [3.8, 4) is 0 Å². The number of rotatable bonds is 6. The van der Waals surface area contributed by atoms with E-state index in [0.29, 0.717) is 36.0 Å². The summed E-state index contributed by atoms with van der Waals surface area (Å²) >= 11 is 0. The molecule has 2 fully saturated rings. The highest BCUT2D eigenvalue weighted by atomic mass is 32.2. The number of hydrogen-bond acceptors (Lipinski definition) is 5. The fourth-order valence-corrected chi connectivity index (χ4v) is 6.19. The van der Waals surface area contributed by atoms with Gasteiger partial charge in [-0.2, -0.15) is 9.40 Å². The zero-order chi connectivity index (χ0) is 25.0. The Hall–Kier alpha value is -2.78. The molecule has 0 bridgehead atoms. The summed E-state index contributed by atoms with van der Waals surface area (Å²) in [5, 5.41) is 8.53. The Morgan fingerprint density at radius 1 is 1.11 bits per heavy atom. The van der Waals surface area contributed by atoms with Crippen LogP contribution in [0.15, 0.2) is 35.2 Å². The van der Waals surface area contributed by atoms with Gasteiger partial charge in [0.2, 0.25) is 10.0 Å². The highest BCUT2D eigenvalue weighted by molar-refractivity contribution is 7.89. The average Bonchev–Trinajstić information content (AvgIpc) is 3.39. The molecule has 2 aliphatic rings. The van der Waals surface area contributed by atoms with Crippen molar-refractivity contribution in [3.63, 3.8) is 0 Å². The smallest absolute Gasteiger partial charge is 0.252 e. The second kappa shape index (κ2) is 8.71. The Morgan fingerprint density at radius 3 is 2.37 bits per heavy atom. The Morgan fingerprint density at radius 2 is 1.77 bits per heavy atom. The van der Waals surface area contributed by atoms with Crippen molar-refractivity contribution in [1.29, 1.82) is 0 Å². The number of carbonyl (C=O) groups is 1. The van der Waals surface area contributed by atoms with Crippen molar-refractivity contribution in [3.05, 3.63) is 52.8 Å². The molecule has 1 aliphatic carbocycles. The van der Waals surface area contributed by atoms with Gasteiger partial charge in [-0.1, -0.05) is 12.1 Å². The van der Waals surface area contributed by atoms with Crippen molar-refractivity contribution >= 4 is 27.0 Å². The van der Waals surface area contributed by atoms with Crippen LogP contribution >= 0.6 is 0 Å². The predicted molar refractivity (Wildman–Crippen MR) is 135 cm³/mol. The van der Waals surface area contributed by atoms with E-state index >= 15 is 0 Å². The molecule has 2 aromatic heterocycles. The normalized spacial score (nSPS) is 17.3. The van der Waals surface area contributed by atoms with Crippen LogP contribution in [0.3, 0.4) is 0 Å². The maximum atomic E-state index is 13.4. The summed E-state index contributed by atoms with van der Waals surface area (Å²) in [5.74, 6) is 0.226. The minimum absolute atomic E-state index is 0.176. The molecule has 0 radical (unpaired) electrons. The van der Waals surface area contributed by atoms with Crippen LogP contribution in [-0.2, 0) is 22.1 Å². The lowest BCUT2D eigenvalue weighted by molar-refractivity contribution is 0.0952. The molecular weight excluding hydrogens is 462 g/mol. The van der Waals surface area contributed by atoms with E-state index < -0.39 is 10.0 Å². The van der Waals surface area contributed by atoms with E-state index in [2.05, 4.69) is 26.1 Å². The summed E-state index contributed by atoms with van der Waals surface area (Å²) in [6.07, 6.45) is 3.99. The van der Waals surface area contributed by atoms with Crippen LogP contribution in [-0.4, -0.2) is 46.5 Å². The van der Waals surface area contributed by atoms with Crippen LogP contribution < -0.4 is 5.32 Å². The van der Waals surface area contributed by atoms with Crippen LogP contribution in [0.5, 0.6) is 0 Å². The number of nitrogens with zero attached hydrogens (tertiary/aromatic N) is 4. The number of benzene rings is 1. The maximum Gasteiger partial charge on any atom is 0.252 e. The molecule has 1 aromatic carbocycles. The molecule has 1 aliphatic heterocycles. The van der Waals surface area contributed by atoms with Gasteiger partial charge in [0, 0.05) is 31.2 Å². The van der Waals surface area contributed by atoms with Crippen LogP contribution in [0.1, 0.15) is 79.7 Å². The van der Waals surface area contributed by atoms with E-state index in [-0.39, 0.29) is 11.4 Å². The summed E-state index contributed by atoms with van der Waals surface area (Å²) in [7, 11) is -3.45. The Bertz CT molecular complexity index is 1380. The Labute approximate surface area is 206 Å². The summed E-state index contributed by atoms with van der Waals surface area (Å²) in [6.45, 7) is 9.62. The second-order valence-corrected chi connectivity index (χ2v) is 12.6.